The number of aromatic nitrogens is 5. The fourth-order valence-corrected chi connectivity index (χ4v) is 3.64. The van der Waals surface area contributed by atoms with Crippen LogP contribution in [0.1, 0.15) is 6.92 Å². The highest BCUT2D eigenvalue weighted by Crippen LogP contribution is 2.28. The number of rotatable bonds is 4. The summed E-state index contributed by atoms with van der Waals surface area (Å²) in [6.45, 7) is 1.43. The van der Waals surface area contributed by atoms with E-state index in [0.29, 0.717) is 11.6 Å². The Morgan fingerprint density at radius 1 is 0.969 bits per heavy atom. The van der Waals surface area contributed by atoms with Gasteiger partial charge in [-0.15, -0.1) is 0 Å². The van der Waals surface area contributed by atoms with Crippen molar-refractivity contribution in [1.82, 2.24) is 24.3 Å². The summed E-state index contributed by atoms with van der Waals surface area (Å²) < 4.78 is 17.0. The molecule has 3 heterocycles. The van der Waals surface area contributed by atoms with Crippen LogP contribution in [0, 0.1) is 5.82 Å². The number of hydrogen-bond acceptors (Lipinski definition) is 4. The number of pyridine rings is 1. The van der Waals surface area contributed by atoms with Crippen molar-refractivity contribution in [2.45, 2.75) is 6.92 Å². The lowest BCUT2D eigenvalue weighted by atomic mass is 10.1. The van der Waals surface area contributed by atoms with Crippen LogP contribution in [0.15, 0.2) is 73.3 Å². The molecule has 0 unspecified atom stereocenters. The molecule has 0 aliphatic rings. The Kier molecular flexibility index (Phi) is 4.74. The first-order chi connectivity index (χ1) is 15.5. The first-order valence-electron chi connectivity index (χ1n) is 9.98. The average Bonchev–Trinajstić information content (AvgIpc) is 3.39. The Morgan fingerprint density at radius 2 is 1.75 bits per heavy atom. The highest BCUT2D eigenvalue weighted by atomic mass is 19.1. The van der Waals surface area contributed by atoms with Crippen molar-refractivity contribution in [1.29, 1.82) is 0 Å². The summed E-state index contributed by atoms with van der Waals surface area (Å²) in [7, 11) is 1.88. The molecule has 0 aliphatic carbocycles. The molecule has 1 N–H and O–H groups in total. The van der Waals surface area contributed by atoms with E-state index in [0.717, 1.165) is 33.3 Å². The third-order valence-corrected chi connectivity index (χ3v) is 5.13. The van der Waals surface area contributed by atoms with Gasteiger partial charge in [-0.3, -0.25) is 14.0 Å². The molecule has 0 aliphatic heterocycles. The van der Waals surface area contributed by atoms with Crippen molar-refractivity contribution < 1.29 is 9.18 Å². The minimum atomic E-state index is -0.310. The zero-order chi connectivity index (χ0) is 22.2. The van der Waals surface area contributed by atoms with E-state index in [1.165, 1.54) is 19.1 Å². The molecule has 7 nitrogen and oxygen atoms in total. The summed E-state index contributed by atoms with van der Waals surface area (Å²) in [6.07, 6.45) is 5.46. The van der Waals surface area contributed by atoms with Crippen LogP contribution in [0.5, 0.6) is 0 Å². The summed E-state index contributed by atoms with van der Waals surface area (Å²) in [5, 5.41) is 6.97. The van der Waals surface area contributed by atoms with E-state index in [2.05, 4.69) is 20.4 Å². The standard InChI is InChI=1S/C24H19FN6O/c1-15(32)28-23-10-18(16-3-6-20(25)7-4-16)11-24(29-23)31-14-26-21-9-17(5-8-22(21)31)19-12-27-30(2)13-19/h3-14H,1-2H3,(H,28,29,32). The van der Waals surface area contributed by atoms with Crippen molar-refractivity contribution in [2.75, 3.05) is 5.32 Å². The van der Waals surface area contributed by atoms with Gasteiger partial charge in [0.1, 0.15) is 23.8 Å². The lowest BCUT2D eigenvalue weighted by Crippen LogP contribution is -2.09. The van der Waals surface area contributed by atoms with Crippen molar-refractivity contribution >= 4 is 22.8 Å². The predicted octanol–water partition coefficient (Wildman–Crippen LogP) is 4.59. The van der Waals surface area contributed by atoms with Gasteiger partial charge in [0.15, 0.2) is 0 Å². The molecule has 0 bridgehead atoms. The van der Waals surface area contributed by atoms with Crippen LogP contribution in [0.25, 0.3) is 39.1 Å². The second-order valence-electron chi connectivity index (χ2n) is 7.51. The molecule has 158 valence electrons. The number of imidazole rings is 1. The van der Waals surface area contributed by atoms with Gasteiger partial charge < -0.3 is 5.32 Å². The number of benzene rings is 2. The van der Waals surface area contributed by atoms with Crippen LogP contribution in [-0.2, 0) is 11.8 Å². The Bertz CT molecular complexity index is 1450. The van der Waals surface area contributed by atoms with Crippen LogP contribution in [-0.4, -0.2) is 30.2 Å². The molecule has 2 aromatic carbocycles. The lowest BCUT2D eigenvalue weighted by molar-refractivity contribution is -0.114. The molecule has 0 spiro atoms. The smallest absolute Gasteiger partial charge is 0.222 e. The van der Waals surface area contributed by atoms with Gasteiger partial charge in [-0.25, -0.2) is 14.4 Å². The molecule has 5 rings (SSSR count). The second kappa shape index (κ2) is 7.73. The number of fused-ring (bicyclic) bond motifs is 1. The van der Waals surface area contributed by atoms with Crippen molar-refractivity contribution in [3.05, 3.63) is 79.1 Å². The van der Waals surface area contributed by atoms with E-state index in [1.807, 2.05) is 48.3 Å². The normalized spacial score (nSPS) is 11.1. The first-order valence-corrected chi connectivity index (χ1v) is 9.98. The molecule has 1 amide bonds. The van der Waals surface area contributed by atoms with Crippen LogP contribution in [0.4, 0.5) is 10.2 Å². The van der Waals surface area contributed by atoms with Crippen LogP contribution >= 0.6 is 0 Å². The summed E-state index contributed by atoms with van der Waals surface area (Å²) in [6, 6.07) is 15.8. The second-order valence-corrected chi connectivity index (χ2v) is 7.51. The molecule has 3 aromatic heterocycles. The van der Waals surface area contributed by atoms with Gasteiger partial charge >= 0.3 is 0 Å². The summed E-state index contributed by atoms with van der Waals surface area (Å²) >= 11 is 0. The Hall–Kier alpha value is -4.33. The molecule has 0 saturated carbocycles. The number of halogens is 1. The Morgan fingerprint density at radius 3 is 2.47 bits per heavy atom. The third kappa shape index (κ3) is 3.74. The molecular formula is C24H19FN6O. The van der Waals surface area contributed by atoms with Gasteiger partial charge in [-0.2, -0.15) is 5.10 Å². The van der Waals surface area contributed by atoms with E-state index in [9.17, 15) is 9.18 Å². The average molecular weight is 426 g/mol. The zero-order valence-corrected chi connectivity index (χ0v) is 17.5. The largest absolute Gasteiger partial charge is 0.311 e. The molecule has 8 heteroatoms. The fraction of sp³-hybridized carbons (Fsp3) is 0.0833. The Balaban J connectivity index is 1.62. The molecular weight excluding hydrogens is 407 g/mol. The van der Waals surface area contributed by atoms with Gasteiger partial charge in [-0.1, -0.05) is 18.2 Å². The van der Waals surface area contributed by atoms with Gasteiger partial charge in [0, 0.05) is 25.7 Å². The molecule has 32 heavy (non-hydrogen) atoms. The molecule has 0 fully saturated rings. The summed E-state index contributed by atoms with van der Waals surface area (Å²) in [5.41, 5.74) is 5.31. The van der Waals surface area contributed by atoms with Gasteiger partial charge in [0.05, 0.1) is 17.2 Å². The molecule has 0 radical (unpaired) electrons. The summed E-state index contributed by atoms with van der Waals surface area (Å²) in [5.74, 6) is 0.460. The van der Waals surface area contributed by atoms with Crippen molar-refractivity contribution in [3.8, 4) is 28.1 Å². The number of carbonyl (C=O) groups excluding carboxylic acids is 1. The van der Waals surface area contributed by atoms with Gasteiger partial charge in [0.25, 0.3) is 0 Å². The van der Waals surface area contributed by atoms with Crippen LogP contribution in [0.3, 0.4) is 0 Å². The summed E-state index contributed by atoms with van der Waals surface area (Å²) in [4.78, 5) is 20.8. The van der Waals surface area contributed by atoms with E-state index >= 15 is 0 Å². The topological polar surface area (TPSA) is 77.6 Å². The number of nitrogens with one attached hydrogen (secondary N) is 1. The molecule has 0 saturated heterocycles. The monoisotopic (exact) mass is 426 g/mol. The minimum Gasteiger partial charge on any atom is -0.311 e. The highest BCUT2D eigenvalue weighted by molar-refractivity contribution is 5.89. The maximum Gasteiger partial charge on any atom is 0.222 e. The number of hydrogen-bond donors (Lipinski definition) is 1. The number of anilines is 1. The minimum absolute atomic E-state index is 0.226. The fourth-order valence-electron chi connectivity index (χ4n) is 3.64. The highest BCUT2D eigenvalue weighted by Gasteiger charge is 2.12. The third-order valence-electron chi connectivity index (χ3n) is 5.13. The van der Waals surface area contributed by atoms with E-state index < -0.39 is 0 Å². The van der Waals surface area contributed by atoms with E-state index in [4.69, 9.17) is 0 Å². The maximum atomic E-state index is 13.4. The van der Waals surface area contributed by atoms with Gasteiger partial charge in [-0.05, 0) is 53.1 Å². The van der Waals surface area contributed by atoms with Crippen molar-refractivity contribution in [2.24, 2.45) is 7.05 Å². The SMILES string of the molecule is CC(=O)Nc1cc(-c2ccc(F)cc2)cc(-n2cnc3cc(-c4cnn(C)c4)ccc32)n1. The quantitative estimate of drug-likeness (QED) is 0.456. The number of nitrogens with zero attached hydrogens (tertiary/aromatic N) is 5. The van der Waals surface area contributed by atoms with Crippen molar-refractivity contribution in [3.63, 3.8) is 0 Å². The number of amides is 1. The number of carbonyl (C=O) groups is 1. The maximum absolute atomic E-state index is 13.4. The van der Waals surface area contributed by atoms with Crippen LogP contribution < -0.4 is 5.32 Å². The first kappa shape index (κ1) is 19.6. The zero-order valence-electron chi connectivity index (χ0n) is 17.5. The predicted molar refractivity (Wildman–Crippen MR) is 121 cm³/mol. The molecule has 0 atom stereocenters. The number of aryl methyl sites for hydroxylation is 1. The van der Waals surface area contributed by atoms with Crippen LogP contribution in [0.2, 0.25) is 0 Å². The van der Waals surface area contributed by atoms with Gasteiger partial charge in [0.2, 0.25) is 5.91 Å². The molecule has 5 aromatic rings. The van der Waals surface area contributed by atoms with E-state index in [1.54, 1.807) is 29.2 Å². The lowest BCUT2D eigenvalue weighted by Gasteiger charge is -2.11. The Labute approximate surface area is 183 Å². The van der Waals surface area contributed by atoms with E-state index in [-0.39, 0.29) is 11.7 Å².